The van der Waals surface area contributed by atoms with Crippen molar-refractivity contribution in [2.24, 2.45) is 5.41 Å². The van der Waals surface area contributed by atoms with Gasteiger partial charge in [-0.3, -0.25) is 14.2 Å². The first kappa shape index (κ1) is 25.5. The zero-order valence-corrected chi connectivity index (χ0v) is 21.6. The number of amides is 3. The highest BCUT2D eigenvalue weighted by atomic mass is 35.5. The number of hydrogen-bond acceptors (Lipinski definition) is 3. The van der Waals surface area contributed by atoms with Crippen LogP contribution >= 0.6 is 11.6 Å². The van der Waals surface area contributed by atoms with E-state index in [1.165, 1.54) is 33.9 Å². The first-order chi connectivity index (χ1) is 18.1. The summed E-state index contributed by atoms with van der Waals surface area (Å²) < 4.78 is 16.5. The molecule has 194 valence electrons. The van der Waals surface area contributed by atoms with Gasteiger partial charge in [0.15, 0.2) is 0 Å². The largest absolute Gasteiger partial charge is 0.323 e. The summed E-state index contributed by atoms with van der Waals surface area (Å²) in [6.07, 6.45) is 7.88. The van der Waals surface area contributed by atoms with E-state index in [0.29, 0.717) is 22.8 Å². The third-order valence-corrected chi connectivity index (χ3v) is 7.95. The van der Waals surface area contributed by atoms with Crippen molar-refractivity contribution in [3.8, 4) is 5.69 Å². The molecule has 1 aliphatic heterocycles. The molecule has 1 unspecified atom stereocenters. The Bertz CT molecular complexity index is 1550. The first-order valence-electron chi connectivity index (χ1n) is 12.1. The average Bonchev–Trinajstić information content (AvgIpc) is 3.15. The highest BCUT2D eigenvalue weighted by molar-refractivity contribution is 6.30. The van der Waals surface area contributed by atoms with Crippen LogP contribution in [0.3, 0.4) is 0 Å². The lowest BCUT2D eigenvalue weighted by atomic mass is 9.65. The molecular formula is C29H26ClFN4O3. The molecule has 0 saturated carbocycles. The van der Waals surface area contributed by atoms with Gasteiger partial charge in [-0.15, -0.1) is 0 Å². The van der Waals surface area contributed by atoms with E-state index in [1.54, 1.807) is 49.4 Å². The number of hydrogen-bond donors (Lipinski definition) is 2. The molecule has 0 spiro atoms. The van der Waals surface area contributed by atoms with Crippen molar-refractivity contribution in [2.75, 3.05) is 17.2 Å². The van der Waals surface area contributed by atoms with Crippen LogP contribution in [-0.4, -0.2) is 33.5 Å². The summed E-state index contributed by atoms with van der Waals surface area (Å²) >= 11 is 5.97. The van der Waals surface area contributed by atoms with Gasteiger partial charge in [0.25, 0.3) is 11.5 Å². The van der Waals surface area contributed by atoms with E-state index in [-0.39, 0.29) is 17.8 Å². The second-order valence-electron chi connectivity index (χ2n) is 9.78. The predicted molar refractivity (Wildman–Crippen MR) is 146 cm³/mol. The lowest BCUT2D eigenvalue weighted by molar-refractivity contribution is -0.128. The summed E-state index contributed by atoms with van der Waals surface area (Å²) in [4.78, 5) is 41.1. The van der Waals surface area contributed by atoms with Crippen molar-refractivity contribution < 1.29 is 14.0 Å². The van der Waals surface area contributed by atoms with Gasteiger partial charge in [0.2, 0.25) is 0 Å². The Morgan fingerprint density at radius 1 is 1.03 bits per heavy atom. The van der Waals surface area contributed by atoms with Crippen LogP contribution in [-0.2, 0) is 4.79 Å². The Morgan fingerprint density at radius 2 is 1.79 bits per heavy atom. The number of nitrogens with zero attached hydrogens (tertiary/aromatic N) is 2. The van der Waals surface area contributed by atoms with E-state index < -0.39 is 28.7 Å². The van der Waals surface area contributed by atoms with E-state index in [4.69, 9.17) is 11.6 Å². The second-order valence-corrected chi connectivity index (χ2v) is 10.2. The van der Waals surface area contributed by atoms with Crippen molar-refractivity contribution in [1.29, 1.82) is 0 Å². The number of aromatic nitrogens is 1. The van der Waals surface area contributed by atoms with Crippen molar-refractivity contribution in [3.63, 3.8) is 0 Å². The van der Waals surface area contributed by atoms with Crippen molar-refractivity contribution in [2.45, 2.75) is 25.8 Å². The van der Waals surface area contributed by atoms with Crippen LogP contribution in [0.2, 0.25) is 5.02 Å². The average molecular weight is 533 g/mol. The maximum atomic E-state index is 15.2. The number of anilines is 2. The summed E-state index contributed by atoms with van der Waals surface area (Å²) in [6.45, 7) is 3.89. The maximum absolute atomic E-state index is 15.2. The summed E-state index contributed by atoms with van der Waals surface area (Å²) in [7, 11) is 0. The lowest BCUT2D eigenvalue weighted by Crippen LogP contribution is -2.61. The molecular weight excluding hydrogens is 507 g/mol. The third kappa shape index (κ3) is 4.20. The molecule has 2 atom stereocenters. The predicted octanol–water partition coefficient (Wildman–Crippen LogP) is 5.77. The fourth-order valence-corrected chi connectivity index (χ4v) is 5.31. The quantitative estimate of drug-likeness (QED) is 0.447. The molecule has 7 nitrogen and oxygen atoms in total. The van der Waals surface area contributed by atoms with Crippen molar-refractivity contribution >= 4 is 34.9 Å². The molecule has 1 fully saturated rings. The van der Waals surface area contributed by atoms with Crippen LogP contribution in [0, 0.1) is 11.2 Å². The minimum absolute atomic E-state index is 0.0469. The standard InChI is InChI=1S/C29H26ClFN4O3/c1-28-15-5-3-7-19(28)18-35(27(38)32-21-11-9-20(30)10-12-21)29(28,2)26(37)33-24-14-13-22(17-23(24)31)34-16-6-4-8-25(34)36/h3-14,16-17H,15,18H2,1-2H3,(H,32,38)(H,33,37)/t28?,29-/m0/s1. The summed E-state index contributed by atoms with van der Waals surface area (Å²) in [5, 5.41) is 6.09. The van der Waals surface area contributed by atoms with Gasteiger partial charge < -0.3 is 15.5 Å². The van der Waals surface area contributed by atoms with Crippen LogP contribution in [0.15, 0.2) is 95.5 Å². The van der Waals surface area contributed by atoms with Gasteiger partial charge in [0.1, 0.15) is 11.4 Å². The van der Waals surface area contributed by atoms with Gasteiger partial charge in [-0.05, 0) is 61.4 Å². The number of likely N-dealkylation sites (tertiary alicyclic amines) is 1. The molecule has 9 heteroatoms. The zero-order chi connectivity index (χ0) is 27.1. The number of nitrogens with one attached hydrogen (secondary N) is 2. The van der Waals surface area contributed by atoms with Gasteiger partial charge in [0, 0.05) is 41.0 Å². The number of benzene rings is 2. The Kier molecular flexibility index (Phi) is 6.44. The van der Waals surface area contributed by atoms with Gasteiger partial charge in [-0.2, -0.15) is 0 Å². The normalized spacial score (nSPS) is 22.0. The molecule has 1 aromatic heterocycles. The van der Waals surface area contributed by atoms with Gasteiger partial charge >= 0.3 is 6.03 Å². The fourth-order valence-electron chi connectivity index (χ4n) is 5.18. The van der Waals surface area contributed by atoms with E-state index in [1.807, 2.05) is 25.2 Å². The summed E-state index contributed by atoms with van der Waals surface area (Å²) in [5.74, 6) is -1.22. The molecule has 1 aliphatic carbocycles. The van der Waals surface area contributed by atoms with Gasteiger partial charge in [0.05, 0.1) is 11.4 Å². The van der Waals surface area contributed by atoms with Crippen LogP contribution in [0.1, 0.15) is 20.3 Å². The molecule has 2 N–H and O–H groups in total. The topological polar surface area (TPSA) is 83.4 Å². The smallest absolute Gasteiger partial charge is 0.322 e. The van der Waals surface area contributed by atoms with Crippen LogP contribution in [0.5, 0.6) is 0 Å². The molecule has 3 aromatic rings. The Balaban J connectivity index is 1.46. The van der Waals surface area contributed by atoms with Crippen LogP contribution < -0.4 is 16.2 Å². The van der Waals surface area contributed by atoms with Crippen molar-refractivity contribution in [3.05, 3.63) is 112 Å². The maximum Gasteiger partial charge on any atom is 0.323 e. The summed E-state index contributed by atoms with van der Waals surface area (Å²) in [6, 6.07) is 15.0. The molecule has 3 amide bonds. The zero-order valence-electron chi connectivity index (χ0n) is 20.9. The van der Waals surface area contributed by atoms with E-state index in [0.717, 1.165) is 5.57 Å². The Morgan fingerprint density at radius 3 is 2.50 bits per heavy atom. The minimum Gasteiger partial charge on any atom is -0.322 e. The number of pyridine rings is 1. The highest BCUT2D eigenvalue weighted by Gasteiger charge is 2.62. The molecule has 38 heavy (non-hydrogen) atoms. The minimum atomic E-state index is -1.35. The number of allylic oxidation sites excluding steroid dienone is 3. The Hall–Kier alpha value is -4.17. The lowest BCUT2D eigenvalue weighted by Gasteiger charge is -2.44. The summed E-state index contributed by atoms with van der Waals surface area (Å²) in [5.41, 5.74) is -0.609. The van der Waals surface area contributed by atoms with Crippen LogP contribution in [0.25, 0.3) is 5.69 Å². The van der Waals surface area contributed by atoms with Crippen LogP contribution in [0.4, 0.5) is 20.6 Å². The van der Waals surface area contributed by atoms with Gasteiger partial charge in [-0.1, -0.05) is 42.8 Å². The molecule has 5 rings (SSSR count). The number of carbonyl (C=O) groups is 2. The van der Waals surface area contributed by atoms with E-state index in [2.05, 4.69) is 10.6 Å². The number of rotatable bonds is 4. The molecule has 2 aliphatic rings. The van der Waals surface area contributed by atoms with E-state index in [9.17, 15) is 14.4 Å². The van der Waals surface area contributed by atoms with Gasteiger partial charge in [-0.25, -0.2) is 9.18 Å². The molecule has 2 heterocycles. The third-order valence-electron chi connectivity index (χ3n) is 7.70. The molecule has 1 saturated heterocycles. The van der Waals surface area contributed by atoms with Crippen molar-refractivity contribution in [1.82, 2.24) is 9.47 Å². The molecule has 0 bridgehead atoms. The SMILES string of the molecule is CC12CC=CC=C1CN(C(=O)Nc1ccc(Cl)cc1)[C@@]2(C)C(=O)Nc1ccc(-n2ccccc2=O)cc1F. The fraction of sp³-hybridized carbons (Fsp3) is 0.207. The molecule has 0 radical (unpaired) electrons. The highest BCUT2D eigenvalue weighted by Crippen LogP contribution is 2.53. The first-order valence-corrected chi connectivity index (χ1v) is 12.5. The number of halogens is 2. The molecule has 2 aromatic carbocycles. The number of carbonyl (C=O) groups excluding carboxylic acids is 2. The van der Waals surface area contributed by atoms with E-state index >= 15 is 4.39 Å². The number of urea groups is 1. The monoisotopic (exact) mass is 532 g/mol. The number of fused-ring (bicyclic) bond motifs is 1. The Labute approximate surface area is 224 Å². The second kappa shape index (κ2) is 9.61.